The number of hydrogen-bond donors (Lipinski definition) is 2. The van der Waals surface area contributed by atoms with Gasteiger partial charge in [0, 0.05) is 26.0 Å². The molecule has 0 radical (unpaired) electrons. The van der Waals surface area contributed by atoms with Crippen LogP contribution in [0, 0.1) is 5.92 Å². The van der Waals surface area contributed by atoms with Gasteiger partial charge in [-0.1, -0.05) is 0 Å². The molecule has 0 bridgehead atoms. The van der Waals surface area contributed by atoms with Gasteiger partial charge < -0.3 is 9.47 Å². The fourth-order valence-corrected chi connectivity index (χ4v) is 5.93. The van der Waals surface area contributed by atoms with E-state index in [1.165, 1.54) is 16.4 Å². The van der Waals surface area contributed by atoms with Crippen molar-refractivity contribution in [1.82, 2.24) is 14.8 Å². The molecule has 0 aliphatic heterocycles. The highest BCUT2D eigenvalue weighted by Gasteiger charge is 2.42. The number of carbonyl (C=O) groups is 1. The molecule has 11 heteroatoms. The van der Waals surface area contributed by atoms with Crippen molar-refractivity contribution in [3.8, 4) is 5.75 Å². The zero-order chi connectivity index (χ0) is 23.8. The molecule has 1 saturated carbocycles. The molecule has 34 heavy (non-hydrogen) atoms. The molecule has 1 aliphatic carbocycles. The Kier molecular flexibility index (Phi) is 10.7. The van der Waals surface area contributed by atoms with Crippen molar-refractivity contribution in [1.29, 1.82) is 0 Å². The first-order chi connectivity index (χ1) is 15.9. The van der Waals surface area contributed by atoms with Crippen molar-refractivity contribution in [3.63, 3.8) is 0 Å². The second kappa shape index (κ2) is 13.0. The highest BCUT2D eigenvalue weighted by Crippen LogP contribution is 2.34. The van der Waals surface area contributed by atoms with E-state index < -0.39 is 22.0 Å². The number of benzene rings is 1. The Hall–Kier alpha value is -2.24. The smallest absolute Gasteiger partial charge is 0.262 e. The minimum atomic E-state index is -4.10. The summed E-state index contributed by atoms with van der Waals surface area (Å²) >= 11 is 0. The first kappa shape index (κ1) is 28.0. The molecule has 2 aromatic rings. The summed E-state index contributed by atoms with van der Waals surface area (Å²) in [7, 11) is -2.45. The molecule has 1 amide bonds. The van der Waals surface area contributed by atoms with Gasteiger partial charge in [0.05, 0.1) is 17.6 Å². The lowest BCUT2D eigenvalue weighted by Crippen LogP contribution is -2.53. The van der Waals surface area contributed by atoms with Gasteiger partial charge in [-0.15, -0.1) is 12.4 Å². The van der Waals surface area contributed by atoms with Gasteiger partial charge in [0.1, 0.15) is 11.8 Å². The lowest BCUT2D eigenvalue weighted by molar-refractivity contribution is -0.136. The Morgan fingerprint density at radius 3 is 2.29 bits per heavy atom. The zero-order valence-electron chi connectivity index (χ0n) is 19.3. The maximum Gasteiger partial charge on any atom is 0.262 e. The minimum Gasteiger partial charge on any atom is -0.494 e. The van der Waals surface area contributed by atoms with Crippen LogP contribution in [0.15, 0.2) is 53.7 Å². The predicted octanol–water partition coefficient (Wildman–Crippen LogP) is 3.17. The Balaban J connectivity index is 0.00000408. The van der Waals surface area contributed by atoms with Crippen LogP contribution in [0.2, 0.25) is 0 Å². The second-order valence-electron chi connectivity index (χ2n) is 8.00. The van der Waals surface area contributed by atoms with Gasteiger partial charge in [0.2, 0.25) is 10.0 Å². The van der Waals surface area contributed by atoms with Crippen LogP contribution >= 0.6 is 12.4 Å². The molecule has 1 heterocycles. The average molecular weight is 514 g/mol. The number of rotatable bonds is 10. The number of hydrogen-bond acceptors (Lipinski definition) is 7. The summed E-state index contributed by atoms with van der Waals surface area (Å²) < 4.78 is 39.7. The number of sulfonamides is 1. The van der Waals surface area contributed by atoms with Gasteiger partial charge in [-0.2, -0.15) is 4.31 Å². The molecule has 1 atom stereocenters. The van der Waals surface area contributed by atoms with Gasteiger partial charge in [0.25, 0.3) is 5.91 Å². The van der Waals surface area contributed by atoms with Crippen LogP contribution in [-0.4, -0.2) is 54.7 Å². The Morgan fingerprint density at radius 1 is 1.15 bits per heavy atom. The standard InChI is InChI=1S/C23H31N3O6S.ClH/c1-3-32-20-8-10-21(11-9-20)33(29,30)26(16-17-12-14-24-15-13-17)22(23(27)25-28)18-4-6-19(31-2)7-5-18;/h8-15,18-19,22,28H,3-7,16H2,1-2H3,(H,25,27);1H. The van der Waals surface area contributed by atoms with Crippen LogP contribution in [-0.2, 0) is 26.1 Å². The first-order valence-electron chi connectivity index (χ1n) is 11.0. The fraction of sp³-hybridized carbons (Fsp3) is 0.478. The highest BCUT2D eigenvalue weighted by molar-refractivity contribution is 7.89. The zero-order valence-corrected chi connectivity index (χ0v) is 20.9. The van der Waals surface area contributed by atoms with E-state index in [-0.39, 0.29) is 35.9 Å². The third-order valence-electron chi connectivity index (χ3n) is 6.02. The molecule has 1 fully saturated rings. The molecular formula is C23H32ClN3O6S. The molecule has 3 rings (SSSR count). The normalized spacial score (nSPS) is 19.2. The van der Waals surface area contributed by atoms with E-state index in [9.17, 15) is 18.4 Å². The van der Waals surface area contributed by atoms with Crippen LogP contribution in [0.5, 0.6) is 5.75 Å². The number of aromatic nitrogens is 1. The summed E-state index contributed by atoms with van der Waals surface area (Å²) in [6.45, 7) is 2.26. The SMILES string of the molecule is CCOc1ccc(S(=O)(=O)N(Cc2ccncc2)C(C(=O)NO)C2CCC(OC)CC2)cc1.Cl. The summed E-state index contributed by atoms with van der Waals surface area (Å²) in [6.07, 6.45) is 5.84. The molecule has 2 N–H and O–H groups in total. The summed E-state index contributed by atoms with van der Waals surface area (Å²) in [5.74, 6) is -0.470. The molecule has 0 saturated heterocycles. The number of halogens is 1. The maximum atomic E-state index is 13.8. The number of methoxy groups -OCH3 is 1. The van der Waals surface area contributed by atoms with Crippen molar-refractivity contribution in [2.75, 3.05) is 13.7 Å². The summed E-state index contributed by atoms with van der Waals surface area (Å²) in [5.41, 5.74) is 2.38. The van der Waals surface area contributed by atoms with Crippen molar-refractivity contribution in [3.05, 3.63) is 54.4 Å². The summed E-state index contributed by atoms with van der Waals surface area (Å²) in [6, 6.07) is 8.44. The van der Waals surface area contributed by atoms with E-state index in [2.05, 4.69) is 4.98 Å². The highest BCUT2D eigenvalue weighted by atomic mass is 35.5. The lowest BCUT2D eigenvalue weighted by atomic mass is 9.82. The van der Waals surface area contributed by atoms with Crippen LogP contribution in [0.3, 0.4) is 0 Å². The Bertz CT molecular complexity index is 999. The van der Waals surface area contributed by atoms with Crippen LogP contribution < -0.4 is 10.2 Å². The van der Waals surface area contributed by atoms with Crippen molar-refractivity contribution < 1.29 is 27.9 Å². The van der Waals surface area contributed by atoms with Gasteiger partial charge in [-0.3, -0.25) is 15.0 Å². The third kappa shape index (κ3) is 6.67. The van der Waals surface area contributed by atoms with E-state index in [0.29, 0.717) is 43.6 Å². The fourth-order valence-electron chi connectivity index (χ4n) is 4.30. The minimum absolute atomic E-state index is 0. The summed E-state index contributed by atoms with van der Waals surface area (Å²) in [5, 5.41) is 9.51. The molecule has 9 nitrogen and oxygen atoms in total. The topological polar surface area (TPSA) is 118 Å². The van der Waals surface area contributed by atoms with E-state index in [4.69, 9.17) is 9.47 Å². The number of ether oxygens (including phenoxy) is 2. The molecule has 1 unspecified atom stereocenters. The van der Waals surface area contributed by atoms with Gasteiger partial charge >= 0.3 is 0 Å². The van der Waals surface area contributed by atoms with E-state index in [0.717, 1.165) is 0 Å². The number of amides is 1. The molecule has 1 aliphatic rings. The van der Waals surface area contributed by atoms with Gasteiger partial charge in [-0.25, -0.2) is 13.9 Å². The van der Waals surface area contributed by atoms with Crippen molar-refractivity contribution in [2.24, 2.45) is 5.92 Å². The van der Waals surface area contributed by atoms with E-state index in [1.807, 2.05) is 6.92 Å². The number of pyridine rings is 1. The largest absolute Gasteiger partial charge is 0.494 e. The molecule has 188 valence electrons. The molecular weight excluding hydrogens is 482 g/mol. The van der Waals surface area contributed by atoms with Crippen LogP contribution in [0.1, 0.15) is 38.2 Å². The first-order valence-corrected chi connectivity index (χ1v) is 12.4. The van der Waals surface area contributed by atoms with Crippen LogP contribution in [0.4, 0.5) is 0 Å². The Labute approximate surface area is 206 Å². The van der Waals surface area contributed by atoms with Gasteiger partial charge in [0.15, 0.2) is 0 Å². The monoisotopic (exact) mass is 513 g/mol. The Morgan fingerprint density at radius 2 is 1.76 bits per heavy atom. The number of carbonyl (C=O) groups excluding carboxylic acids is 1. The van der Waals surface area contributed by atoms with Crippen molar-refractivity contribution in [2.45, 2.75) is 56.2 Å². The van der Waals surface area contributed by atoms with Crippen molar-refractivity contribution >= 4 is 28.3 Å². The summed E-state index contributed by atoms with van der Waals surface area (Å²) in [4.78, 5) is 16.9. The quantitative estimate of drug-likeness (QED) is 0.370. The average Bonchev–Trinajstić information content (AvgIpc) is 2.85. The lowest BCUT2D eigenvalue weighted by Gasteiger charge is -2.38. The molecule has 0 spiro atoms. The van der Waals surface area contributed by atoms with E-state index >= 15 is 0 Å². The van der Waals surface area contributed by atoms with E-state index in [1.54, 1.807) is 49.2 Å². The molecule has 1 aromatic heterocycles. The number of nitrogens with zero attached hydrogens (tertiary/aromatic N) is 2. The van der Waals surface area contributed by atoms with Crippen LogP contribution in [0.25, 0.3) is 0 Å². The molecule has 1 aromatic carbocycles. The third-order valence-corrected chi connectivity index (χ3v) is 7.86. The maximum absolute atomic E-state index is 13.8. The number of hydroxylamine groups is 1. The van der Waals surface area contributed by atoms with Gasteiger partial charge in [-0.05, 0) is 80.5 Å². The second-order valence-corrected chi connectivity index (χ2v) is 9.89. The predicted molar refractivity (Wildman–Crippen MR) is 128 cm³/mol. The number of nitrogens with one attached hydrogen (secondary N) is 1.